The zero-order valence-electron chi connectivity index (χ0n) is 13.6. The van der Waals surface area contributed by atoms with Gasteiger partial charge >= 0.3 is 28.5 Å². The number of hydrogen-bond donors (Lipinski definition) is 1. The van der Waals surface area contributed by atoms with Gasteiger partial charge in [-0.15, -0.1) is 0 Å². The Morgan fingerprint density at radius 3 is 0.864 bits per heavy atom. The highest BCUT2D eigenvalue weighted by Gasteiger charge is 2.18. The molecule has 0 aromatic heterocycles. The second-order valence-electron chi connectivity index (χ2n) is 4.50. The van der Waals surface area contributed by atoms with E-state index in [2.05, 4.69) is 5.32 Å². The third-order valence-corrected chi connectivity index (χ3v) is 2.66. The zero-order valence-corrected chi connectivity index (χ0v) is 13.6. The molecule has 0 aromatic rings. The van der Waals surface area contributed by atoms with Crippen LogP contribution in [-0.4, -0.2) is 62.3 Å². The van der Waals surface area contributed by atoms with Crippen LogP contribution in [0, 0.1) is 0 Å². The summed E-state index contributed by atoms with van der Waals surface area (Å²) >= 11 is 0. The zero-order chi connectivity index (χ0) is 16.2. The topological polar surface area (TPSA) is 85.9 Å². The Hall–Kier alpha value is -0.100. The first-order valence-corrected chi connectivity index (χ1v) is 7.21. The molecule has 124 valence electrons. The molecule has 0 bridgehead atoms. The molecule has 13 heteroatoms. The number of hydrogen-bond acceptors (Lipinski definition) is 9. The van der Waals surface area contributed by atoms with E-state index < -0.39 is 0 Å². The van der Waals surface area contributed by atoms with Crippen LogP contribution >= 0.6 is 0 Å². The van der Waals surface area contributed by atoms with Gasteiger partial charge < -0.3 is 37.2 Å². The summed E-state index contributed by atoms with van der Waals surface area (Å²) in [6, 6.07) is 0. The maximum Gasteiger partial charge on any atom is 0.456 e. The van der Waals surface area contributed by atoms with Gasteiger partial charge in [0.25, 0.3) is 0 Å². The fourth-order valence-corrected chi connectivity index (χ4v) is 1.05. The van der Waals surface area contributed by atoms with E-state index in [0.29, 0.717) is 33.8 Å². The lowest BCUT2D eigenvalue weighted by Crippen LogP contribution is -2.37. The summed E-state index contributed by atoms with van der Waals surface area (Å²) in [4.78, 5) is 0. The van der Waals surface area contributed by atoms with E-state index in [1.807, 2.05) is 27.3 Å². The lowest BCUT2D eigenvalue weighted by atomic mass is 9.94. The van der Waals surface area contributed by atoms with Gasteiger partial charge in [0, 0.05) is 0 Å². The van der Waals surface area contributed by atoms with Gasteiger partial charge in [-0.2, -0.15) is 0 Å². The van der Waals surface area contributed by atoms with Crippen LogP contribution in [0.5, 0.6) is 0 Å². The maximum absolute atomic E-state index is 4.94. The molecule has 4 fully saturated rings. The first-order chi connectivity index (χ1) is 10.6. The monoisotopic (exact) mass is 317 g/mol. The Bertz CT molecular complexity index is 235. The highest BCUT2D eigenvalue weighted by Crippen LogP contribution is 1.98. The summed E-state index contributed by atoms with van der Waals surface area (Å²) < 4.78 is 38.1. The normalized spacial score (nSPS) is 22.4. The van der Waals surface area contributed by atoms with Gasteiger partial charge in [-0.1, -0.05) is 0 Å². The van der Waals surface area contributed by atoms with E-state index in [1.165, 1.54) is 0 Å². The van der Waals surface area contributed by atoms with Gasteiger partial charge in [0.15, 0.2) is 0 Å². The Morgan fingerprint density at radius 2 is 0.773 bits per heavy atom. The largest absolute Gasteiger partial charge is 0.456 e. The van der Waals surface area contributed by atoms with Crippen molar-refractivity contribution in [3.05, 3.63) is 0 Å². The van der Waals surface area contributed by atoms with Crippen molar-refractivity contribution in [3.63, 3.8) is 0 Å². The van der Waals surface area contributed by atoms with Crippen LogP contribution in [-0.2, 0) is 37.2 Å². The molecule has 0 radical (unpaired) electrons. The van der Waals surface area contributed by atoms with E-state index in [4.69, 9.17) is 37.2 Å². The highest BCUT2D eigenvalue weighted by atomic mass is 16.8. The molecule has 0 atom stereocenters. The molecule has 0 aliphatic carbocycles. The molecule has 0 spiro atoms. The SMILES string of the molecule is CB1OCNCO1.CB1OCO1.CB1OCO1.CB1OCO1. The summed E-state index contributed by atoms with van der Waals surface area (Å²) in [6.07, 6.45) is 0. The molecule has 0 unspecified atom stereocenters. The molecule has 4 saturated heterocycles. The Labute approximate surface area is 133 Å². The van der Waals surface area contributed by atoms with Gasteiger partial charge in [0.1, 0.15) is 20.4 Å². The summed E-state index contributed by atoms with van der Waals surface area (Å²) in [7, 11) is 0.168. The first-order valence-electron chi connectivity index (χ1n) is 7.21. The van der Waals surface area contributed by atoms with Gasteiger partial charge in [0.2, 0.25) is 0 Å². The Morgan fingerprint density at radius 1 is 0.500 bits per heavy atom. The average Bonchev–Trinajstić information content (AvgIpc) is 2.43. The molecule has 0 amide bonds. The molecule has 1 N–H and O–H groups in total. The fraction of sp³-hybridized carbons (Fsp3) is 1.00. The van der Waals surface area contributed by atoms with Crippen molar-refractivity contribution in [2.45, 2.75) is 27.3 Å². The standard InChI is InChI=1S/C3H8BNO2.3C2H5BO2/c1-4-6-2-5-3-7-4;3*1-3-4-2-5-3/h5H,2-3H2,1H3;3*2H2,1H3. The van der Waals surface area contributed by atoms with Crippen LogP contribution in [0.4, 0.5) is 0 Å². The van der Waals surface area contributed by atoms with Gasteiger partial charge in [-0.05, 0) is 27.3 Å². The van der Waals surface area contributed by atoms with Crippen LogP contribution < -0.4 is 5.32 Å². The smallest absolute Gasteiger partial charge is 0.398 e. The predicted octanol–water partition coefficient (Wildman–Crippen LogP) is -0.0181. The second-order valence-corrected chi connectivity index (χ2v) is 4.50. The maximum atomic E-state index is 4.94. The summed E-state index contributed by atoms with van der Waals surface area (Å²) in [6.45, 7) is 10.2. The van der Waals surface area contributed by atoms with Gasteiger partial charge in [-0.3, -0.25) is 5.32 Å². The molecule has 4 heterocycles. The average molecular weight is 317 g/mol. The summed E-state index contributed by atoms with van der Waals surface area (Å²) in [5.74, 6) is 0. The minimum Gasteiger partial charge on any atom is -0.398 e. The Kier molecular flexibility index (Phi) is 11.2. The molecular formula is C9H23B4NO8. The van der Waals surface area contributed by atoms with Crippen molar-refractivity contribution in [1.82, 2.24) is 5.32 Å². The molecule has 0 aromatic carbocycles. The lowest BCUT2D eigenvalue weighted by molar-refractivity contribution is -0.00905. The minimum atomic E-state index is -0.0266. The van der Waals surface area contributed by atoms with E-state index in [0.717, 1.165) is 0 Å². The predicted molar refractivity (Wildman–Crippen MR) is 82.6 cm³/mol. The molecule has 0 saturated carbocycles. The Balaban J connectivity index is 0.000000148. The lowest BCUT2D eigenvalue weighted by Gasteiger charge is -2.18. The van der Waals surface area contributed by atoms with E-state index in [9.17, 15) is 0 Å². The van der Waals surface area contributed by atoms with Crippen LogP contribution in [0.3, 0.4) is 0 Å². The van der Waals surface area contributed by atoms with Crippen molar-refractivity contribution in [3.8, 4) is 0 Å². The molecule has 4 rings (SSSR count). The summed E-state index contributed by atoms with van der Waals surface area (Å²) in [5.41, 5.74) is 0. The third-order valence-electron chi connectivity index (χ3n) is 2.66. The first kappa shape index (κ1) is 19.9. The van der Waals surface area contributed by atoms with Gasteiger partial charge in [-0.25, -0.2) is 0 Å². The van der Waals surface area contributed by atoms with E-state index >= 15 is 0 Å². The fourth-order valence-electron chi connectivity index (χ4n) is 1.05. The number of rotatable bonds is 0. The van der Waals surface area contributed by atoms with Crippen LogP contribution in [0.1, 0.15) is 0 Å². The van der Waals surface area contributed by atoms with Gasteiger partial charge in [0.05, 0.1) is 13.5 Å². The van der Waals surface area contributed by atoms with E-state index in [1.54, 1.807) is 0 Å². The molecule has 4 aliphatic heterocycles. The van der Waals surface area contributed by atoms with Crippen LogP contribution in [0.15, 0.2) is 0 Å². The minimum absolute atomic E-state index is 0.0266. The molecular weight excluding hydrogens is 293 g/mol. The highest BCUT2D eigenvalue weighted by molar-refractivity contribution is 6.44. The van der Waals surface area contributed by atoms with Crippen molar-refractivity contribution in [1.29, 1.82) is 0 Å². The second kappa shape index (κ2) is 12.3. The van der Waals surface area contributed by atoms with Crippen molar-refractivity contribution < 1.29 is 37.2 Å². The van der Waals surface area contributed by atoms with E-state index in [-0.39, 0.29) is 28.5 Å². The molecule has 4 aliphatic rings. The van der Waals surface area contributed by atoms with Crippen molar-refractivity contribution >= 4 is 28.5 Å². The third kappa shape index (κ3) is 10.6. The molecule has 22 heavy (non-hydrogen) atoms. The summed E-state index contributed by atoms with van der Waals surface area (Å²) in [5, 5.41) is 2.87. The molecule has 9 nitrogen and oxygen atoms in total. The quantitative estimate of drug-likeness (QED) is 0.620. The number of nitrogens with one attached hydrogen (secondary N) is 1. The van der Waals surface area contributed by atoms with Crippen LogP contribution in [0.2, 0.25) is 27.3 Å². The van der Waals surface area contributed by atoms with Crippen LogP contribution in [0.25, 0.3) is 0 Å². The van der Waals surface area contributed by atoms with Crippen molar-refractivity contribution in [2.75, 3.05) is 33.8 Å². The van der Waals surface area contributed by atoms with Crippen molar-refractivity contribution in [2.24, 2.45) is 0 Å².